The van der Waals surface area contributed by atoms with E-state index >= 15 is 0 Å². The maximum atomic E-state index is 9.38. The molecule has 0 saturated carbocycles. The van der Waals surface area contributed by atoms with Crippen LogP contribution in [0, 0.1) is 0 Å². The zero-order valence-electron chi connectivity index (χ0n) is 11.1. The van der Waals surface area contributed by atoms with Gasteiger partial charge in [-0.3, -0.25) is 0 Å². The van der Waals surface area contributed by atoms with Crippen molar-refractivity contribution in [1.29, 1.82) is 0 Å². The van der Waals surface area contributed by atoms with E-state index in [0.29, 0.717) is 13.0 Å². The minimum Gasteiger partial charge on any atom is -0.491 e. The summed E-state index contributed by atoms with van der Waals surface area (Å²) in [5.41, 5.74) is 0.540. The lowest BCUT2D eigenvalue weighted by Gasteiger charge is -2.28. The first-order valence-corrected chi connectivity index (χ1v) is 6.32. The van der Waals surface area contributed by atoms with E-state index < -0.39 is 5.54 Å². The lowest BCUT2D eigenvalue weighted by molar-refractivity contribution is 0.116. The van der Waals surface area contributed by atoms with Crippen LogP contribution in [-0.2, 0) is 6.42 Å². The SMILES string of the molecule is CCNC(C)(CO)COc1ccccc1CCO. The van der Waals surface area contributed by atoms with Crippen LogP contribution in [0.1, 0.15) is 19.4 Å². The first-order chi connectivity index (χ1) is 8.65. The minimum atomic E-state index is -0.443. The molecule has 1 rings (SSSR count). The maximum Gasteiger partial charge on any atom is 0.122 e. The molecule has 0 aliphatic rings. The lowest BCUT2D eigenvalue weighted by atomic mass is 10.1. The minimum absolute atomic E-state index is 0.0169. The van der Waals surface area contributed by atoms with E-state index in [1.54, 1.807) is 0 Å². The van der Waals surface area contributed by atoms with Gasteiger partial charge >= 0.3 is 0 Å². The number of hydrogen-bond donors (Lipinski definition) is 3. The summed E-state index contributed by atoms with van der Waals surface area (Å²) in [6.07, 6.45) is 0.577. The number of ether oxygens (including phenoxy) is 1. The number of aliphatic hydroxyl groups is 2. The van der Waals surface area contributed by atoms with Crippen LogP contribution < -0.4 is 10.1 Å². The number of rotatable bonds is 8. The highest BCUT2D eigenvalue weighted by atomic mass is 16.5. The van der Waals surface area contributed by atoms with Gasteiger partial charge in [-0.15, -0.1) is 0 Å². The second-order valence-electron chi connectivity index (χ2n) is 4.62. The first-order valence-electron chi connectivity index (χ1n) is 6.32. The number of aliphatic hydroxyl groups excluding tert-OH is 2. The van der Waals surface area contributed by atoms with E-state index in [2.05, 4.69) is 5.32 Å². The van der Waals surface area contributed by atoms with Crippen LogP contribution in [0.5, 0.6) is 5.75 Å². The number of nitrogens with one attached hydrogen (secondary N) is 1. The fourth-order valence-electron chi connectivity index (χ4n) is 1.79. The second kappa shape index (κ2) is 7.36. The normalized spacial score (nSPS) is 14.2. The molecule has 0 spiro atoms. The van der Waals surface area contributed by atoms with Crippen molar-refractivity contribution in [3.8, 4) is 5.75 Å². The van der Waals surface area contributed by atoms with Crippen molar-refractivity contribution in [2.45, 2.75) is 25.8 Å². The molecule has 4 heteroatoms. The molecule has 1 aromatic carbocycles. The average molecular weight is 253 g/mol. The molecule has 1 atom stereocenters. The summed E-state index contributed by atoms with van der Waals surface area (Å²) in [6, 6.07) is 7.65. The van der Waals surface area contributed by atoms with Gasteiger partial charge in [0.25, 0.3) is 0 Å². The van der Waals surface area contributed by atoms with Crippen molar-refractivity contribution in [3.63, 3.8) is 0 Å². The Morgan fingerprint density at radius 1 is 1.28 bits per heavy atom. The summed E-state index contributed by atoms with van der Waals surface area (Å²) in [7, 11) is 0. The summed E-state index contributed by atoms with van der Waals surface area (Å²) in [4.78, 5) is 0. The van der Waals surface area contributed by atoms with Crippen molar-refractivity contribution in [3.05, 3.63) is 29.8 Å². The Labute approximate surface area is 109 Å². The van der Waals surface area contributed by atoms with Crippen molar-refractivity contribution in [2.24, 2.45) is 0 Å². The molecule has 18 heavy (non-hydrogen) atoms. The Morgan fingerprint density at radius 2 is 2.00 bits per heavy atom. The third kappa shape index (κ3) is 4.29. The standard InChI is InChI=1S/C14H23NO3/c1-3-15-14(2,10-17)11-18-13-7-5-4-6-12(13)8-9-16/h4-7,15-17H,3,8-11H2,1-2H3. The van der Waals surface area contributed by atoms with Gasteiger partial charge in [-0.2, -0.15) is 0 Å². The largest absolute Gasteiger partial charge is 0.491 e. The molecule has 3 N–H and O–H groups in total. The molecule has 0 aromatic heterocycles. The number of hydrogen-bond acceptors (Lipinski definition) is 4. The topological polar surface area (TPSA) is 61.7 Å². The van der Waals surface area contributed by atoms with E-state index in [0.717, 1.165) is 17.9 Å². The van der Waals surface area contributed by atoms with Gasteiger partial charge in [0.05, 0.1) is 12.1 Å². The van der Waals surface area contributed by atoms with E-state index in [-0.39, 0.29) is 13.2 Å². The first kappa shape index (κ1) is 15.0. The summed E-state index contributed by atoms with van der Waals surface area (Å²) in [6.45, 7) is 5.20. The van der Waals surface area contributed by atoms with Crippen LogP contribution in [-0.4, -0.2) is 42.1 Å². The molecular formula is C14H23NO3. The highest BCUT2D eigenvalue weighted by molar-refractivity contribution is 5.33. The summed E-state index contributed by atoms with van der Waals surface area (Å²) in [5.74, 6) is 0.768. The number of benzene rings is 1. The van der Waals surface area contributed by atoms with Crippen molar-refractivity contribution in [2.75, 3.05) is 26.4 Å². The summed E-state index contributed by atoms with van der Waals surface area (Å²) >= 11 is 0. The van der Waals surface area contributed by atoms with Crippen molar-refractivity contribution in [1.82, 2.24) is 5.32 Å². The van der Waals surface area contributed by atoms with Gasteiger partial charge in [0, 0.05) is 6.61 Å². The monoisotopic (exact) mass is 253 g/mol. The molecule has 0 aliphatic heterocycles. The molecule has 0 saturated heterocycles. The smallest absolute Gasteiger partial charge is 0.122 e. The lowest BCUT2D eigenvalue weighted by Crippen LogP contribution is -2.50. The van der Waals surface area contributed by atoms with Crippen LogP contribution >= 0.6 is 0 Å². The molecule has 1 aromatic rings. The van der Waals surface area contributed by atoms with Crippen LogP contribution in [0.2, 0.25) is 0 Å². The summed E-state index contributed by atoms with van der Waals surface area (Å²) in [5, 5.41) is 21.6. The highest BCUT2D eigenvalue weighted by Crippen LogP contribution is 2.19. The third-order valence-electron chi connectivity index (χ3n) is 2.85. The summed E-state index contributed by atoms with van der Waals surface area (Å²) < 4.78 is 5.76. The Hall–Kier alpha value is -1.10. The van der Waals surface area contributed by atoms with Crippen LogP contribution in [0.25, 0.3) is 0 Å². The van der Waals surface area contributed by atoms with E-state index in [1.807, 2.05) is 38.1 Å². The quantitative estimate of drug-likeness (QED) is 0.646. The molecule has 102 valence electrons. The zero-order chi connectivity index (χ0) is 13.4. The Balaban J connectivity index is 2.67. The molecule has 0 amide bonds. The second-order valence-corrected chi connectivity index (χ2v) is 4.62. The van der Waals surface area contributed by atoms with Gasteiger partial charge < -0.3 is 20.3 Å². The molecular weight excluding hydrogens is 230 g/mol. The van der Waals surface area contributed by atoms with Crippen molar-refractivity contribution >= 4 is 0 Å². The fourth-order valence-corrected chi connectivity index (χ4v) is 1.79. The molecule has 0 heterocycles. The predicted molar refractivity (Wildman–Crippen MR) is 71.9 cm³/mol. The molecule has 0 radical (unpaired) electrons. The highest BCUT2D eigenvalue weighted by Gasteiger charge is 2.23. The van der Waals surface area contributed by atoms with Gasteiger partial charge in [0.1, 0.15) is 12.4 Å². The van der Waals surface area contributed by atoms with Gasteiger partial charge in [-0.1, -0.05) is 25.1 Å². The molecule has 1 unspecified atom stereocenters. The molecule has 0 aliphatic carbocycles. The van der Waals surface area contributed by atoms with E-state index in [1.165, 1.54) is 0 Å². The zero-order valence-corrected chi connectivity index (χ0v) is 11.1. The molecule has 0 fully saturated rings. The Bertz CT molecular complexity index is 357. The van der Waals surface area contributed by atoms with Crippen molar-refractivity contribution < 1.29 is 14.9 Å². The van der Waals surface area contributed by atoms with Crippen LogP contribution in [0.3, 0.4) is 0 Å². The Kier molecular flexibility index (Phi) is 6.12. The number of likely N-dealkylation sites (N-methyl/N-ethyl adjacent to an activating group) is 1. The maximum absolute atomic E-state index is 9.38. The fraction of sp³-hybridized carbons (Fsp3) is 0.571. The van der Waals surface area contributed by atoms with Crippen LogP contribution in [0.4, 0.5) is 0 Å². The molecule has 0 bridgehead atoms. The third-order valence-corrected chi connectivity index (χ3v) is 2.85. The average Bonchev–Trinajstić information content (AvgIpc) is 2.38. The molecule has 4 nitrogen and oxygen atoms in total. The number of para-hydroxylation sites is 1. The van der Waals surface area contributed by atoms with Gasteiger partial charge in [-0.25, -0.2) is 0 Å². The van der Waals surface area contributed by atoms with E-state index in [9.17, 15) is 5.11 Å². The van der Waals surface area contributed by atoms with Gasteiger partial charge in [-0.05, 0) is 31.5 Å². The van der Waals surface area contributed by atoms with Gasteiger partial charge in [0.15, 0.2) is 0 Å². The van der Waals surface area contributed by atoms with Gasteiger partial charge in [0.2, 0.25) is 0 Å². The Morgan fingerprint density at radius 3 is 2.61 bits per heavy atom. The predicted octanol–water partition coefficient (Wildman–Crippen LogP) is 0.961. The van der Waals surface area contributed by atoms with E-state index in [4.69, 9.17) is 9.84 Å². The van der Waals surface area contributed by atoms with Crippen LogP contribution in [0.15, 0.2) is 24.3 Å².